The first-order chi connectivity index (χ1) is 29.2. The third-order valence-electron chi connectivity index (χ3n) is 12.5. The lowest BCUT2D eigenvalue weighted by molar-refractivity contribution is 1.18. The van der Waals surface area contributed by atoms with Gasteiger partial charge in [-0.25, -0.2) is 0 Å². The molecule has 3 nitrogen and oxygen atoms in total. The number of hydrogen-bond donors (Lipinski definition) is 0. The maximum atomic E-state index is 14.2. The Morgan fingerprint density at radius 1 is 0.356 bits per heavy atom. The van der Waals surface area contributed by atoms with Crippen LogP contribution in [-0.2, 0) is 0 Å². The predicted molar refractivity (Wildman–Crippen MR) is 251 cm³/mol. The summed E-state index contributed by atoms with van der Waals surface area (Å²) in [7, 11) is 0. The monoisotopic (exact) mass is 768 g/mol. The van der Waals surface area contributed by atoms with Crippen molar-refractivity contribution < 1.29 is 0 Å². The minimum Gasteiger partial charge on any atom is -0.309 e. The highest BCUT2D eigenvalue weighted by Gasteiger charge is 2.19. The van der Waals surface area contributed by atoms with Gasteiger partial charge in [-0.05, 0) is 99.4 Å². The maximum Gasteiger partial charge on any atom is 0.263 e. The van der Waals surface area contributed by atoms with Crippen molar-refractivity contribution in [1.82, 2.24) is 8.97 Å². The predicted octanol–water partition coefficient (Wildman–Crippen LogP) is 14.7. The number of rotatable bonds is 4. The van der Waals surface area contributed by atoms with Crippen LogP contribution in [0.2, 0.25) is 0 Å². The molecule has 0 bridgehead atoms. The third-order valence-corrected chi connectivity index (χ3v) is 13.7. The van der Waals surface area contributed by atoms with Crippen LogP contribution in [0, 0.1) is 0 Å². The van der Waals surface area contributed by atoms with Crippen LogP contribution < -0.4 is 5.56 Å². The molecule has 4 aromatic heterocycles. The molecule has 4 heterocycles. The average molecular weight is 769 g/mol. The highest BCUT2D eigenvalue weighted by molar-refractivity contribution is 7.26. The third kappa shape index (κ3) is 4.66. The van der Waals surface area contributed by atoms with Gasteiger partial charge in [-0.1, -0.05) is 133 Å². The van der Waals surface area contributed by atoms with Gasteiger partial charge in [-0.15, -0.1) is 11.3 Å². The van der Waals surface area contributed by atoms with E-state index in [2.05, 4.69) is 187 Å². The summed E-state index contributed by atoms with van der Waals surface area (Å²) in [4.78, 5) is 14.2. The zero-order valence-electron chi connectivity index (χ0n) is 31.7. The van der Waals surface area contributed by atoms with Gasteiger partial charge in [0.25, 0.3) is 5.56 Å². The molecule has 0 aliphatic rings. The van der Waals surface area contributed by atoms with Crippen molar-refractivity contribution in [3.63, 3.8) is 0 Å². The topological polar surface area (TPSA) is 26.4 Å². The maximum absolute atomic E-state index is 14.2. The number of nitrogens with zero attached hydrogens (tertiary/aromatic N) is 2. The van der Waals surface area contributed by atoms with E-state index in [0.29, 0.717) is 0 Å². The van der Waals surface area contributed by atoms with Crippen LogP contribution in [-0.4, -0.2) is 8.97 Å². The van der Waals surface area contributed by atoms with E-state index >= 15 is 0 Å². The number of fused-ring (bicyclic) bond motifs is 11. The fourth-order valence-electron chi connectivity index (χ4n) is 9.76. The van der Waals surface area contributed by atoms with Crippen LogP contribution >= 0.6 is 11.3 Å². The van der Waals surface area contributed by atoms with Gasteiger partial charge < -0.3 is 4.57 Å². The lowest BCUT2D eigenvalue weighted by Gasteiger charge is -2.10. The van der Waals surface area contributed by atoms with Crippen molar-refractivity contribution in [2.45, 2.75) is 0 Å². The van der Waals surface area contributed by atoms with Gasteiger partial charge in [0.1, 0.15) is 0 Å². The Morgan fingerprint density at radius 3 is 1.80 bits per heavy atom. The molecule has 59 heavy (non-hydrogen) atoms. The average Bonchev–Trinajstić information content (AvgIpc) is 3.96. The van der Waals surface area contributed by atoms with Gasteiger partial charge in [0.2, 0.25) is 0 Å². The van der Waals surface area contributed by atoms with Crippen molar-refractivity contribution in [2.75, 3.05) is 0 Å². The molecule has 13 aromatic rings. The Balaban J connectivity index is 0.921. The Hall–Kier alpha value is -7.53. The number of para-hydroxylation sites is 2. The first-order valence-corrected chi connectivity index (χ1v) is 20.9. The van der Waals surface area contributed by atoms with Crippen LogP contribution in [0.5, 0.6) is 0 Å². The SMILES string of the molecule is O=c1c2ccc(-c3ccccc3)cc2c2cccc3c4cc(-c5ccc(-n6c7ccccc7c7cc(-c8cccc9c8sc8ccccc89)ccc76)cc5)ccc4n1c23. The van der Waals surface area contributed by atoms with Crippen LogP contribution in [0.15, 0.2) is 199 Å². The van der Waals surface area contributed by atoms with E-state index in [0.717, 1.165) is 65.9 Å². The summed E-state index contributed by atoms with van der Waals surface area (Å²) in [6.07, 6.45) is 0. The number of hydrogen-bond acceptors (Lipinski definition) is 2. The van der Waals surface area contributed by atoms with E-state index < -0.39 is 0 Å². The zero-order chi connectivity index (χ0) is 38.8. The van der Waals surface area contributed by atoms with Gasteiger partial charge in [0.05, 0.1) is 22.1 Å². The molecular formula is C55H32N2OS. The molecule has 0 amide bonds. The van der Waals surface area contributed by atoms with Crippen molar-refractivity contribution in [3.05, 3.63) is 204 Å². The summed E-state index contributed by atoms with van der Waals surface area (Å²) >= 11 is 1.88. The van der Waals surface area contributed by atoms with Gasteiger partial charge in [-0.3, -0.25) is 9.20 Å². The number of pyridine rings is 1. The molecule has 274 valence electrons. The second kappa shape index (κ2) is 12.2. The summed E-state index contributed by atoms with van der Waals surface area (Å²) < 4.78 is 6.96. The molecule has 0 unspecified atom stereocenters. The standard InChI is InChI=1S/C55H32N2OS/c58-55-45-27-22-35(33-10-2-1-3-11-33)30-46(45)42-15-9-16-43-48-31-36(23-28-51(48)57(55)53(42)43)34-20-25-38(26-21-34)56-49-18-6-4-12-40(49)47-32-37(24-29-50(47)56)39-14-8-17-44-41-13-5-7-19-52(41)59-54(39)44/h1-32H. The smallest absolute Gasteiger partial charge is 0.263 e. The highest BCUT2D eigenvalue weighted by atomic mass is 32.1. The molecule has 0 N–H and O–H groups in total. The molecule has 0 radical (unpaired) electrons. The fraction of sp³-hybridized carbons (Fsp3) is 0. The molecule has 4 heteroatoms. The number of thiophene rings is 1. The molecule has 0 saturated carbocycles. The van der Waals surface area contributed by atoms with E-state index in [1.807, 2.05) is 27.9 Å². The van der Waals surface area contributed by atoms with Crippen molar-refractivity contribution in [1.29, 1.82) is 0 Å². The first-order valence-electron chi connectivity index (χ1n) is 20.0. The van der Waals surface area contributed by atoms with Crippen LogP contribution in [0.1, 0.15) is 0 Å². The van der Waals surface area contributed by atoms with E-state index in [1.165, 1.54) is 53.1 Å². The lowest BCUT2D eigenvalue weighted by Crippen LogP contribution is -2.12. The molecule has 9 aromatic carbocycles. The summed E-state index contributed by atoms with van der Waals surface area (Å²) in [5.41, 5.74) is 12.4. The fourth-order valence-corrected chi connectivity index (χ4v) is 11.0. The van der Waals surface area contributed by atoms with Crippen LogP contribution in [0.4, 0.5) is 0 Å². The van der Waals surface area contributed by atoms with Gasteiger partial charge >= 0.3 is 0 Å². The van der Waals surface area contributed by atoms with Gasteiger partial charge in [-0.2, -0.15) is 0 Å². The minimum atomic E-state index is 0.0193. The molecule has 0 saturated heterocycles. The molecule has 13 rings (SSSR count). The van der Waals surface area contributed by atoms with E-state index in [4.69, 9.17) is 0 Å². The van der Waals surface area contributed by atoms with Gasteiger partial charge in [0, 0.05) is 58.2 Å². The molecule has 0 spiro atoms. The minimum absolute atomic E-state index is 0.0193. The van der Waals surface area contributed by atoms with Crippen molar-refractivity contribution in [2.24, 2.45) is 0 Å². The van der Waals surface area contributed by atoms with Crippen molar-refractivity contribution in [3.8, 4) is 39.1 Å². The summed E-state index contributed by atoms with van der Waals surface area (Å²) in [5.74, 6) is 0. The second-order valence-electron chi connectivity index (χ2n) is 15.6. The van der Waals surface area contributed by atoms with Gasteiger partial charge in [0.15, 0.2) is 0 Å². The Morgan fingerprint density at radius 2 is 0.932 bits per heavy atom. The first kappa shape index (κ1) is 32.5. The van der Waals surface area contributed by atoms with E-state index in [1.54, 1.807) is 0 Å². The Bertz CT molecular complexity index is 3910. The molecule has 0 aliphatic heterocycles. The summed E-state index contributed by atoms with van der Waals surface area (Å²) in [5, 5.41) is 10.1. The van der Waals surface area contributed by atoms with Crippen molar-refractivity contribution >= 4 is 91.3 Å². The molecule has 0 aliphatic carbocycles. The Labute approximate surface area is 342 Å². The quantitative estimate of drug-likeness (QED) is 0.164. The highest BCUT2D eigenvalue weighted by Crippen LogP contribution is 2.43. The second-order valence-corrected chi connectivity index (χ2v) is 16.7. The largest absolute Gasteiger partial charge is 0.309 e. The molecule has 0 atom stereocenters. The lowest BCUT2D eigenvalue weighted by atomic mass is 9.98. The molecular weight excluding hydrogens is 737 g/mol. The zero-order valence-corrected chi connectivity index (χ0v) is 32.5. The van der Waals surface area contributed by atoms with Crippen LogP contribution in [0.25, 0.3) is 119 Å². The summed E-state index contributed by atoms with van der Waals surface area (Å²) in [6, 6.07) is 69.6. The normalized spacial score (nSPS) is 12.1. The number of aromatic nitrogens is 2. The molecule has 0 fully saturated rings. The van der Waals surface area contributed by atoms with E-state index in [9.17, 15) is 4.79 Å². The van der Waals surface area contributed by atoms with Crippen LogP contribution in [0.3, 0.4) is 0 Å². The Kier molecular flexibility index (Phi) is 6.75. The number of benzene rings is 9. The van der Waals surface area contributed by atoms with E-state index in [-0.39, 0.29) is 5.56 Å². The summed E-state index contributed by atoms with van der Waals surface area (Å²) in [6.45, 7) is 0.